The van der Waals surface area contributed by atoms with Crippen molar-refractivity contribution in [2.24, 2.45) is 0 Å². The summed E-state index contributed by atoms with van der Waals surface area (Å²) in [5.41, 5.74) is 1.76. The molecule has 0 N–H and O–H groups in total. The van der Waals surface area contributed by atoms with E-state index in [1.165, 1.54) is 0 Å². The molecule has 0 aliphatic rings. The first-order chi connectivity index (χ1) is 8.21. The lowest BCUT2D eigenvalue weighted by Crippen LogP contribution is -2.30. The first-order valence-corrected chi connectivity index (χ1v) is 6.03. The van der Waals surface area contributed by atoms with Crippen molar-refractivity contribution in [3.63, 3.8) is 0 Å². The molecule has 0 aliphatic heterocycles. The second kappa shape index (κ2) is 6.84. The predicted octanol–water partition coefficient (Wildman–Crippen LogP) is 2.30. The van der Waals surface area contributed by atoms with E-state index in [-0.39, 0.29) is 5.91 Å². The molecule has 0 saturated heterocycles. The van der Waals surface area contributed by atoms with E-state index >= 15 is 0 Å². The highest BCUT2D eigenvalue weighted by molar-refractivity contribution is 5.76. The Hall–Kier alpha value is -1.64. The molecule has 0 aliphatic carbocycles. The Labute approximate surface area is 102 Å². The van der Waals surface area contributed by atoms with Crippen LogP contribution in [0.2, 0.25) is 0 Å². The Bertz CT molecular complexity index is 366. The van der Waals surface area contributed by atoms with Crippen molar-refractivity contribution in [3.8, 4) is 0 Å². The van der Waals surface area contributed by atoms with Crippen LogP contribution in [0.25, 0.3) is 0 Å². The van der Waals surface area contributed by atoms with Crippen molar-refractivity contribution >= 4 is 12.2 Å². The van der Waals surface area contributed by atoms with Gasteiger partial charge >= 0.3 is 0 Å². The van der Waals surface area contributed by atoms with Crippen LogP contribution in [0.3, 0.4) is 0 Å². The molecule has 0 aromatic heterocycles. The highest BCUT2D eigenvalue weighted by Crippen LogP contribution is 2.06. The van der Waals surface area contributed by atoms with Crippen molar-refractivity contribution in [1.82, 2.24) is 4.90 Å². The second-order valence-electron chi connectivity index (χ2n) is 3.93. The topological polar surface area (TPSA) is 37.4 Å². The zero-order valence-corrected chi connectivity index (χ0v) is 10.5. The predicted molar refractivity (Wildman–Crippen MR) is 68.1 cm³/mol. The van der Waals surface area contributed by atoms with E-state index in [1.54, 1.807) is 12.1 Å². The lowest BCUT2D eigenvalue weighted by atomic mass is 10.1. The average molecular weight is 233 g/mol. The van der Waals surface area contributed by atoms with Gasteiger partial charge in [-0.3, -0.25) is 9.59 Å². The zero-order chi connectivity index (χ0) is 12.7. The summed E-state index contributed by atoms with van der Waals surface area (Å²) in [5, 5.41) is 0. The molecule has 92 valence electrons. The molecule has 0 spiro atoms. The highest BCUT2D eigenvalue weighted by atomic mass is 16.2. The number of amides is 1. The van der Waals surface area contributed by atoms with Crippen molar-refractivity contribution < 1.29 is 9.59 Å². The second-order valence-corrected chi connectivity index (χ2v) is 3.93. The number of carbonyl (C=O) groups is 2. The summed E-state index contributed by atoms with van der Waals surface area (Å²) >= 11 is 0. The third kappa shape index (κ3) is 4.02. The molecule has 0 unspecified atom stereocenters. The molecule has 17 heavy (non-hydrogen) atoms. The van der Waals surface area contributed by atoms with E-state index in [1.807, 2.05) is 30.9 Å². The van der Waals surface area contributed by atoms with Crippen LogP contribution in [0.1, 0.15) is 36.2 Å². The van der Waals surface area contributed by atoms with E-state index in [0.29, 0.717) is 12.0 Å². The van der Waals surface area contributed by atoms with Crippen molar-refractivity contribution in [2.75, 3.05) is 13.1 Å². The zero-order valence-electron chi connectivity index (χ0n) is 10.5. The minimum absolute atomic E-state index is 0.189. The first-order valence-electron chi connectivity index (χ1n) is 6.03. The van der Waals surface area contributed by atoms with Crippen LogP contribution in [0.5, 0.6) is 0 Å². The highest BCUT2D eigenvalue weighted by Gasteiger charge is 2.08. The lowest BCUT2D eigenvalue weighted by molar-refractivity contribution is -0.130. The molecular formula is C14H19NO2. The fourth-order valence-corrected chi connectivity index (χ4v) is 1.75. The van der Waals surface area contributed by atoms with Gasteiger partial charge in [0.25, 0.3) is 0 Å². The van der Waals surface area contributed by atoms with Crippen LogP contribution in [0.4, 0.5) is 0 Å². The standard InChI is InChI=1S/C14H19NO2/c1-3-15(4-2)14(17)10-9-12-5-7-13(11-16)8-6-12/h5-8,11H,3-4,9-10H2,1-2H3. The molecule has 1 amide bonds. The molecule has 0 atom stereocenters. The van der Waals surface area contributed by atoms with Gasteiger partial charge in [0.05, 0.1) is 0 Å². The summed E-state index contributed by atoms with van der Waals surface area (Å²) in [6.07, 6.45) is 2.08. The van der Waals surface area contributed by atoms with Crippen LogP contribution in [-0.2, 0) is 11.2 Å². The van der Waals surface area contributed by atoms with E-state index < -0.39 is 0 Å². The SMILES string of the molecule is CCN(CC)C(=O)CCc1ccc(C=O)cc1. The van der Waals surface area contributed by atoms with E-state index in [0.717, 1.165) is 31.4 Å². The first kappa shape index (κ1) is 13.4. The molecule has 1 aromatic rings. The molecule has 3 nitrogen and oxygen atoms in total. The summed E-state index contributed by atoms with van der Waals surface area (Å²) < 4.78 is 0. The van der Waals surface area contributed by atoms with E-state index in [9.17, 15) is 9.59 Å². The van der Waals surface area contributed by atoms with E-state index in [2.05, 4.69) is 0 Å². The van der Waals surface area contributed by atoms with Gasteiger partial charge in [-0.1, -0.05) is 24.3 Å². The molecule has 3 heteroatoms. The lowest BCUT2D eigenvalue weighted by Gasteiger charge is -2.18. The summed E-state index contributed by atoms with van der Waals surface area (Å²) in [7, 11) is 0. The van der Waals surface area contributed by atoms with Gasteiger partial charge in [-0.2, -0.15) is 0 Å². The van der Waals surface area contributed by atoms with Gasteiger partial charge in [0.15, 0.2) is 0 Å². The van der Waals surface area contributed by atoms with Gasteiger partial charge in [-0.15, -0.1) is 0 Å². The number of hydrogen-bond donors (Lipinski definition) is 0. The van der Waals surface area contributed by atoms with Gasteiger partial charge in [0.2, 0.25) is 5.91 Å². The Morgan fingerprint density at radius 1 is 1.18 bits per heavy atom. The number of nitrogens with zero attached hydrogens (tertiary/aromatic N) is 1. The molecular weight excluding hydrogens is 214 g/mol. The van der Waals surface area contributed by atoms with Gasteiger partial charge < -0.3 is 4.90 Å². The largest absolute Gasteiger partial charge is 0.343 e. The normalized spacial score (nSPS) is 10.0. The molecule has 0 saturated carbocycles. The van der Waals surface area contributed by atoms with Gasteiger partial charge in [0, 0.05) is 25.1 Å². The number of aryl methyl sites for hydroxylation is 1. The number of carbonyl (C=O) groups excluding carboxylic acids is 2. The summed E-state index contributed by atoms with van der Waals surface area (Å²) in [4.78, 5) is 24.1. The third-order valence-corrected chi connectivity index (χ3v) is 2.86. The summed E-state index contributed by atoms with van der Waals surface area (Å²) in [5.74, 6) is 0.189. The number of benzene rings is 1. The maximum atomic E-state index is 11.8. The van der Waals surface area contributed by atoms with Crippen molar-refractivity contribution in [3.05, 3.63) is 35.4 Å². The van der Waals surface area contributed by atoms with Crippen molar-refractivity contribution in [2.45, 2.75) is 26.7 Å². The minimum Gasteiger partial charge on any atom is -0.343 e. The van der Waals surface area contributed by atoms with E-state index in [4.69, 9.17) is 0 Å². The van der Waals surface area contributed by atoms with Crippen molar-refractivity contribution in [1.29, 1.82) is 0 Å². The molecule has 0 bridgehead atoms. The Morgan fingerprint density at radius 2 is 1.76 bits per heavy atom. The van der Waals surface area contributed by atoms with Crippen LogP contribution in [0, 0.1) is 0 Å². The molecule has 1 aromatic carbocycles. The van der Waals surface area contributed by atoms with Gasteiger partial charge in [0.1, 0.15) is 6.29 Å². The third-order valence-electron chi connectivity index (χ3n) is 2.86. The Balaban J connectivity index is 2.49. The van der Waals surface area contributed by atoms with Crippen LogP contribution in [-0.4, -0.2) is 30.2 Å². The molecule has 1 rings (SSSR count). The fraction of sp³-hybridized carbons (Fsp3) is 0.429. The Kier molecular flexibility index (Phi) is 5.40. The molecule has 0 heterocycles. The van der Waals surface area contributed by atoms with Crippen LogP contribution in [0.15, 0.2) is 24.3 Å². The monoisotopic (exact) mass is 233 g/mol. The van der Waals surface area contributed by atoms with Crippen LogP contribution >= 0.6 is 0 Å². The molecule has 0 fully saturated rings. The van der Waals surface area contributed by atoms with Crippen LogP contribution < -0.4 is 0 Å². The summed E-state index contributed by atoms with van der Waals surface area (Å²) in [6.45, 7) is 5.50. The quantitative estimate of drug-likeness (QED) is 0.707. The maximum absolute atomic E-state index is 11.8. The Morgan fingerprint density at radius 3 is 2.24 bits per heavy atom. The number of aldehydes is 1. The fourth-order valence-electron chi connectivity index (χ4n) is 1.75. The smallest absolute Gasteiger partial charge is 0.222 e. The number of hydrogen-bond acceptors (Lipinski definition) is 2. The van der Waals surface area contributed by atoms with Gasteiger partial charge in [-0.25, -0.2) is 0 Å². The minimum atomic E-state index is 0.189. The molecule has 0 radical (unpaired) electrons. The summed E-state index contributed by atoms with van der Waals surface area (Å²) in [6, 6.07) is 7.37. The maximum Gasteiger partial charge on any atom is 0.222 e. The average Bonchev–Trinajstić information content (AvgIpc) is 2.38. The van der Waals surface area contributed by atoms with Gasteiger partial charge in [-0.05, 0) is 25.8 Å². The number of rotatable bonds is 6.